The van der Waals surface area contributed by atoms with Crippen LogP contribution in [0.25, 0.3) is 0 Å². The molecule has 1 atom stereocenters. The van der Waals surface area contributed by atoms with Gasteiger partial charge in [-0.2, -0.15) is 0 Å². The summed E-state index contributed by atoms with van der Waals surface area (Å²) in [6, 6.07) is 0. The largest absolute Gasteiger partial charge is 0.462 e. The molecule has 66 heavy (non-hydrogen) atoms. The summed E-state index contributed by atoms with van der Waals surface area (Å²) in [5.74, 6) is -0.389. The number of allylic oxidation sites excluding steroid dienone is 6. The van der Waals surface area contributed by atoms with Crippen molar-refractivity contribution in [3.8, 4) is 0 Å². The van der Waals surface area contributed by atoms with Crippen LogP contribution in [0.4, 0.5) is 0 Å². The summed E-state index contributed by atoms with van der Waals surface area (Å²) in [5, 5.41) is 0. The molecule has 0 N–H and O–H groups in total. The average Bonchev–Trinajstić information content (AvgIpc) is 3.32. The Labute approximate surface area is 412 Å². The fraction of sp³-hybridized carbons (Fsp3) is 0.869. The molecule has 0 spiro atoms. The van der Waals surface area contributed by atoms with E-state index >= 15 is 0 Å². The van der Waals surface area contributed by atoms with Crippen molar-refractivity contribution in [2.45, 2.75) is 322 Å². The van der Waals surface area contributed by atoms with Crippen molar-refractivity contribution in [3.63, 3.8) is 0 Å². The predicted molar refractivity (Wildman–Crippen MR) is 288 cm³/mol. The third-order valence-electron chi connectivity index (χ3n) is 13.1. The molecule has 1 unspecified atom stereocenters. The van der Waals surface area contributed by atoms with Crippen LogP contribution in [0.5, 0.6) is 0 Å². The van der Waals surface area contributed by atoms with Gasteiger partial charge in [-0.3, -0.25) is 9.59 Å². The highest BCUT2D eigenvalue weighted by molar-refractivity contribution is 5.70. The molecule has 0 aromatic heterocycles. The number of ether oxygens (including phenoxy) is 3. The molecule has 0 heterocycles. The fourth-order valence-electron chi connectivity index (χ4n) is 8.71. The summed E-state index contributed by atoms with van der Waals surface area (Å²) in [6.07, 6.45) is 70.2. The van der Waals surface area contributed by atoms with Gasteiger partial charge >= 0.3 is 11.9 Å². The van der Waals surface area contributed by atoms with E-state index in [-0.39, 0.29) is 25.2 Å². The Hall–Kier alpha value is -1.88. The van der Waals surface area contributed by atoms with Crippen LogP contribution >= 0.6 is 0 Å². The molecule has 0 fully saturated rings. The average molecular weight is 928 g/mol. The van der Waals surface area contributed by atoms with E-state index in [0.29, 0.717) is 19.4 Å². The Morgan fingerprint density at radius 1 is 0.333 bits per heavy atom. The van der Waals surface area contributed by atoms with Crippen molar-refractivity contribution in [1.29, 1.82) is 0 Å². The highest BCUT2D eigenvalue weighted by atomic mass is 16.6. The number of rotatable bonds is 55. The molecule has 5 heteroatoms. The molecule has 0 aromatic carbocycles. The minimum Gasteiger partial charge on any atom is -0.462 e. The van der Waals surface area contributed by atoms with Gasteiger partial charge in [0.05, 0.1) is 6.61 Å². The quantitative estimate of drug-likeness (QED) is 0.0345. The van der Waals surface area contributed by atoms with E-state index in [2.05, 4.69) is 57.2 Å². The maximum absolute atomic E-state index is 12.9. The van der Waals surface area contributed by atoms with Crippen LogP contribution in [0.3, 0.4) is 0 Å². The lowest BCUT2D eigenvalue weighted by atomic mass is 10.0. The zero-order valence-electron chi connectivity index (χ0n) is 44.7. The Balaban J connectivity index is 4.23. The lowest BCUT2D eigenvalue weighted by Crippen LogP contribution is -2.30. The number of esters is 2. The first-order valence-electron chi connectivity index (χ1n) is 29.5. The molecule has 0 aliphatic heterocycles. The lowest BCUT2D eigenvalue weighted by Gasteiger charge is -2.18. The lowest BCUT2D eigenvalue weighted by molar-refractivity contribution is -0.163. The summed E-state index contributed by atoms with van der Waals surface area (Å²) < 4.78 is 17.5. The number of carbonyl (C=O) groups is 2. The van der Waals surface area contributed by atoms with Crippen molar-refractivity contribution in [3.05, 3.63) is 36.5 Å². The SMILES string of the molecule is CCCCC/C=C\C/C=C\CCCCCCCCCCCCOCC(COC(=O)CCCCCCC/C=C\CCCCCCCC)OC(=O)CCCCCCCCCCCCCCCCC. The third-order valence-corrected chi connectivity index (χ3v) is 13.1. The van der Waals surface area contributed by atoms with E-state index in [1.807, 2.05) is 0 Å². The Kier molecular flexibility index (Phi) is 55.8. The molecule has 0 rings (SSSR count). The Morgan fingerprint density at radius 2 is 0.636 bits per heavy atom. The van der Waals surface area contributed by atoms with E-state index in [0.717, 1.165) is 57.8 Å². The highest BCUT2D eigenvalue weighted by Crippen LogP contribution is 2.16. The molecule has 0 saturated heterocycles. The molecule has 5 nitrogen and oxygen atoms in total. The number of hydrogen-bond acceptors (Lipinski definition) is 5. The second-order valence-corrected chi connectivity index (χ2v) is 19.9. The van der Waals surface area contributed by atoms with Gasteiger partial charge in [-0.15, -0.1) is 0 Å². The van der Waals surface area contributed by atoms with Crippen LogP contribution in [-0.4, -0.2) is 37.9 Å². The van der Waals surface area contributed by atoms with Gasteiger partial charge in [0.25, 0.3) is 0 Å². The summed E-state index contributed by atoms with van der Waals surface area (Å²) in [5.41, 5.74) is 0. The third kappa shape index (κ3) is 54.7. The van der Waals surface area contributed by atoms with Crippen LogP contribution in [0.1, 0.15) is 316 Å². The smallest absolute Gasteiger partial charge is 0.306 e. The highest BCUT2D eigenvalue weighted by Gasteiger charge is 2.17. The second-order valence-electron chi connectivity index (χ2n) is 19.9. The van der Waals surface area contributed by atoms with Crippen molar-refractivity contribution in [2.24, 2.45) is 0 Å². The number of hydrogen-bond donors (Lipinski definition) is 0. The van der Waals surface area contributed by atoms with E-state index in [1.54, 1.807) is 0 Å². The predicted octanol–water partition coefficient (Wildman–Crippen LogP) is 20.1. The normalized spacial score (nSPS) is 12.3. The first kappa shape index (κ1) is 64.1. The van der Waals surface area contributed by atoms with Gasteiger partial charge in [0.2, 0.25) is 0 Å². The van der Waals surface area contributed by atoms with Gasteiger partial charge in [-0.25, -0.2) is 0 Å². The van der Waals surface area contributed by atoms with Crippen molar-refractivity contribution >= 4 is 11.9 Å². The van der Waals surface area contributed by atoms with E-state index in [9.17, 15) is 9.59 Å². The zero-order chi connectivity index (χ0) is 47.7. The minimum absolute atomic E-state index is 0.0854. The number of unbranched alkanes of at least 4 members (excludes halogenated alkanes) is 38. The van der Waals surface area contributed by atoms with Crippen LogP contribution in [-0.2, 0) is 23.8 Å². The zero-order valence-corrected chi connectivity index (χ0v) is 44.7. The van der Waals surface area contributed by atoms with Crippen LogP contribution in [0, 0.1) is 0 Å². The van der Waals surface area contributed by atoms with Crippen LogP contribution in [0.2, 0.25) is 0 Å². The molecule has 0 saturated carbocycles. The fourth-order valence-corrected chi connectivity index (χ4v) is 8.71. The molecule has 0 amide bonds. The molecular formula is C61H114O5. The van der Waals surface area contributed by atoms with Crippen LogP contribution in [0.15, 0.2) is 36.5 Å². The first-order valence-corrected chi connectivity index (χ1v) is 29.5. The Morgan fingerprint density at radius 3 is 1.05 bits per heavy atom. The first-order chi connectivity index (χ1) is 32.6. The second kappa shape index (κ2) is 57.4. The maximum atomic E-state index is 12.9. The topological polar surface area (TPSA) is 61.8 Å². The van der Waals surface area contributed by atoms with Crippen LogP contribution < -0.4 is 0 Å². The molecule has 0 bridgehead atoms. The molecule has 0 aliphatic carbocycles. The molecule has 0 radical (unpaired) electrons. The standard InChI is InChI=1S/C61H114O5/c1-4-7-10-13-16-19-22-25-28-29-30-31-32-35-38-41-44-47-50-53-56-64-57-59(66-61(63)55-52-49-46-43-40-37-34-27-24-21-18-15-12-9-6-3)58-65-60(62)54-51-48-45-42-39-36-33-26-23-20-17-14-11-8-5-2/h16,19,25-26,28,33,59H,4-15,17-18,20-24,27,29-32,34-58H2,1-3H3/b19-16-,28-25-,33-26-. The van der Waals surface area contributed by atoms with Gasteiger partial charge in [-0.1, -0.05) is 263 Å². The summed E-state index contributed by atoms with van der Waals surface area (Å²) in [4.78, 5) is 25.5. The monoisotopic (exact) mass is 927 g/mol. The van der Waals surface area contributed by atoms with E-state index in [4.69, 9.17) is 14.2 Å². The number of carbonyl (C=O) groups excluding carboxylic acids is 2. The van der Waals surface area contributed by atoms with Crippen molar-refractivity contribution in [1.82, 2.24) is 0 Å². The van der Waals surface area contributed by atoms with Gasteiger partial charge in [-0.05, 0) is 77.0 Å². The summed E-state index contributed by atoms with van der Waals surface area (Å²) in [7, 11) is 0. The van der Waals surface area contributed by atoms with Gasteiger partial charge in [0.1, 0.15) is 6.61 Å². The minimum atomic E-state index is -0.537. The molecule has 388 valence electrons. The van der Waals surface area contributed by atoms with Crippen molar-refractivity contribution in [2.75, 3.05) is 19.8 Å². The Bertz CT molecular complexity index is 1050. The molecular weight excluding hydrogens is 813 g/mol. The van der Waals surface area contributed by atoms with Gasteiger partial charge in [0, 0.05) is 19.4 Å². The van der Waals surface area contributed by atoms with E-state index < -0.39 is 6.10 Å². The van der Waals surface area contributed by atoms with Gasteiger partial charge < -0.3 is 14.2 Å². The summed E-state index contributed by atoms with van der Waals surface area (Å²) in [6.45, 7) is 7.84. The summed E-state index contributed by atoms with van der Waals surface area (Å²) >= 11 is 0. The maximum Gasteiger partial charge on any atom is 0.306 e. The molecule has 0 aliphatic rings. The van der Waals surface area contributed by atoms with Gasteiger partial charge in [0.15, 0.2) is 6.10 Å². The van der Waals surface area contributed by atoms with E-state index in [1.165, 1.54) is 225 Å². The molecule has 0 aromatic rings. The van der Waals surface area contributed by atoms with Crippen molar-refractivity contribution < 1.29 is 23.8 Å².